The molecule has 0 unspecified atom stereocenters. The van der Waals surface area contributed by atoms with Crippen LogP contribution in [0.25, 0.3) is 0 Å². The van der Waals surface area contributed by atoms with Crippen molar-refractivity contribution in [1.82, 2.24) is 0 Å². The van der Waals surface area contributed by atoms with Gasteiger partial charge in [0.25, 0.3) is 0 Å². The minimum atomic E-state index is 0.526. The third-order valence-corrected chi connectivity index (χ3v) is 3.78. The van der Waals surface area contributed by atoms with E-state index < -0.39 is 0 Å². The summed E-state index contributed by atoms with van der Waals surface area (Å²) in [6.07, 6.45) is 6.68. The molecule has 1 aromatic rings. The van der Waals surface area contributed by atoms with Crippen LogP contribution in [-0.4, -0.2) is 6.54 Å². The van der Waals surface area contributed by atoms with Crippen LogP contribution in [0.15, 0.2) is 18.2 Å². The van der Waals surface area contributed by atoms with Gasteiger partial charge >= 0.3 is 0 Å². The molecule has 17 heavy (non-hydrogen) atoms. The third kappa shape index (κ3) is 3.14. The summed E-state index contributed by atoms with van der Waals surface area (Å²) in [5, 5.41) is 12.9. The lowest BCUT2D eigenvalue weighted by molar-refractivity contribution is 0.518. The highest BCUT2D eigenvalue weighted by molar-refractivity contribution is 6.32. The molecule has 2 nitrogen and oxygen atoms in total. The van der Waals surface area contributed by atoms with Crippen molar-refractivity contribution < 1.29 is 0 Å². The van der Waals surface area contributed by atoms with Crippen LogP contribution in [-0.2, 0) is 0 Å². The highest BCUT2D eigenvalue weighted by atomic mass is 35.5. The van der Waals surface area contributed by atoms with E-state index in [1.807, 2.05) is 12.1 Å². The van der Waals surface area contributed by atoms with Crippen LogP contribution in [0, 0.1) is 17.2 Å². The molecule has 1 N–H and O–H groups in total. The second-order valence-electron chi connectivity index (χ2n) is 4.64. The normalized spacial score (nSPS) is 15.8. The summed E-state index contributed by atoms with van der Waals surface area (Å²) < 4.78 is 0. The topological polar surface area (TPSA) is 35.8 Å². The molecule has 2 rings (SSSR count). The second-order valence-corrected chi connectivity index (χ2v) is 5.05. The molecule has 1 saturated carbocycles. The summed E-state index contributed by atoms with van der Waals surface area (Å²) in [5.74, 6) is 0.868. The fourth-order valence-corrected chi connectivity index (χ4v) is 2.71. The summed E-state index contributed by atoms with van der Waals surface area (Å²) in [6.45, 7) is 0.930. The molecule has 0 bridgehead atoms. The summed E-state index contributed by atoms with van der Waals surface area (Å²) in [6, 6.07) is 7.69. The molecule has 1 aliphatic rings. The number of hydrogen-bond acceptors (Lipinski definition) is 2. The molecule has 0 aromatic heterocycles. The van der Waals surface area contributed by atoms with Gasteiger partial charge in [-0.05, 0) is 24.5 Å². The van der Waals surface area contributed by atoms with E-state index in [4.69, 9.17) is 16.9 Å². The minimum absolute atomic E-state index is 0.526. The van der Waals surface area contributed by atoms with Gasteiger partial charge < -0.3 is 5.32 Å². The number of rotatable bonds is 4. The monoisotopic (exact) mass is 248 g/mol. The van der Waals surface area contributed by atoms with Gasteiger partial charge in [0.15, 0.2) is 0 Å². The molecule has 1 aliphatic carbocycles. The van der Waals surface area contributed by atoms with E-state index in [1.54, 1.807) is 6.07 Å². The van der Waals surface area contributed by atoms with E-state index in [0.717, 1.165) is 18.2 Å². The molecule has 0 radical (unpaired) electrons. The maximum Gasteiger partial charge on any atom is 0.103 e. The first-order valence-electron chi connectivity index (χ1n) is 6.23. The van der Waals surface area contributed by atoms with Gasteiger partial charge in [-0.3, -0.25) is 0 Å². The van der Waals surface area contributed by atoms with Crippen molar-refractivity contribution in [3.05, 3.63) is 28.8 Å². The largest absolute Gasteiger partial charge is 0.384 e. The lowest BCUT2D eigenvalue weighted by Crippen LogP contribution is -2.07. The van der Waals surface area contributed by atoms with E-state index in [-0.39, 0.29) is 0 Å². The average Bonchev–Trinajstić information content (AvgIpc) is 2.82. The van der Waals surface area contributed by atoms with Crippen molar-refractivity contribution in [2.24, 2.45) is 5.92 Å². The summed E-state index contributed by atoms with van der Waals surface area (Å²) in [5.41, 5.74) is 1.42. The predicted octanol–water partition coefficient (Wildman–Crippen LogP) is 4.20. The Morgan fingerprint density at radius 2 is 2.12 bits per heavy atom. The molecule has 1 fully saturated rings. The average molecular weight is 249 g/mol. The van der Waals surface area contributed by atoms with Crippen LogP contribution in [0.4, 0.5) is 5.69 Å². The molecule has 3 heteroatoms. The van der Waals surface area contributed by atoms with Crippen molar-refractivity contribution in [1.29, 1.82) is 5.26 Å². The van der Waals surface area contributed by atoms with Gasteiger partial charge in [-0.2, -0.15) is 5.26 Å². The van der Waals surface area contributed by atoms with Crippen LogP contribution in [0.1, 0.15) is 37.7 Å². The minimum Gasteiger partial charge on any atom is -0.384 e. The zero-order chi connectivity index (χ0) is 12.1. The van der Waals surface area contributed by atoms with Gasteiger partial charge in [0.05, 0.1) is 16.3 Å². The van der Waals surface area contributed by atoms with Crippen LogP contribution >= 0.6 is 11.6 Å². The van der Waals surface area contributed by atoms with Crippen molar-refractivity contribution in [2.75, 3.05) is 11.9 Å². The number of anilines is 1. The van der Waals surface area contributed by atoms with Gasteiger partial charge in [0.1, 0.15) is 6.07 Å². The van der Waals surface area contributed by atoms with E-state index in [2.05, 4.69) is 11.4 Å². The van der Waals surface area contributed by atoms with Crippen molar-refractivity contribution in [2.45, 2.75) is 32.1 Å². The molecular weight excluding hydrogens is 232 g/mol. The molecule has 0 spiro atoms. The first kappa shape index (κ1) is 12.3. The van der Waals surface area contributed by atoms with Crippen LogP contribution in [0.5, 0.6) is 0 Å². The highest BCUT2D eigenvalue weighted by Crippen LogP contribution is 2.28. The molecule has 90 valence electrons. The Morgan fingerprint density at radius 1 is 1.35 bits per heavy atom. The van der Waals surface area contributed by atoms with E-state index in [9.17, 15) is 0 Å². The maximum absolute atomic E-state index is 9.04. The number of nitrogens with one attached hydrogen (secondary N) is 1. The third-order valence-electron chi connectivity index (χ3n) is 3.47. The Morgan fingerprint density at radius 3 is 2.82 bits per heavy atom. The molecular formula is C14H17ClN2. The lowest BCUT2D eigenvalue weighted by atomic mass is 10.0. The molecule has 0 atom stereocenters. The molecule has 1 aromatic carbocycles. The van der Waals surface area contributed by atoms with Crippen molar-refractivity contribution in [3.63, 3.8) is 0 Å². The summed E-state index contributed by atoms with van der Waals surface area (Å²) in [4.78, 5) is 0. The molecule has 0 amide bonds. The smallest absolute Gasteiger partial charge is 0.103 e. The second kappa shape index (κ2) is 5.93. The maximum atomic E-state index is 9.04. The summed E-state index contributed by atoms with van der Waals surface area (Å²) in [7, 11) is 0. The first-order valence-corrected chi connectivity index (χ1v) is 6.61. The van der Waals surface area contributed by atoms with Gasteiger partial charge in [0, 0.05) is 6.54 Å². The molecule has 0 aliphatic heterocycles. The van der Waals surface area contributed by atoms with Gasteiger partial charge in [0.2, 0.25) is 0 Å². The van der Waals surface area contributed by atoms with Gasteiger partial charge in [-0.15, -0.1) is 0 Å². The SMILES string of the molecule is N#Cc1c(Cl)cccc1NCCC1CCCC1. The van der Waals surface area contributed by atoms with E-state index in [1.165, 1.54) is 32.1 Å². The fraction of sp³-hybridized carbons (Fsp3) is 0.500. The van der Waals surface area contributed by atoms with Crippen LogP contribution < -0.4 is 5.32 Å². The number of nitrogens with zero attached hydrogens (tertiary/aromatic N) is 1. The zero-order valence-corrected chi connectivity index (χ0v) is 10.6. The van der Waals surface area contributed by atoms with Gasteiger partial charge in [-0.1, -0.05) is 43.4 Å². The first-order chi connectivity index (χ1) is 8.31. The van der Waals surface area contributed by atoms with Crippen molar-refractivity contribution >= 4 is 17.3 Å². The number of halogens is 1. The Labute approximate surface area is 108 Å². The predicted molar refractivity (Wildman–Crippen MR) is 71.2 cm³/mol. The van der Waals surface area contributed by atoms with Gasteiger partial charge in [-0.25, -0.2) is 0 Å². The Bertz CT molecular complexity index is 417. The van der Waals surface area contributed by atoms with Crippen LogP contribution in [0.3, 0.4) is 0 Å². The van der Waals surface area contributed by atoms with Crippen LogP contribution in [0.2, 0.25) is 5.02 Å². The Balaban J connectivity index is 1.90. The van der Waals surface area contributed by atoms with Crippen molar-refractivity contribution in [3.8, 4) is 6.07 Å². The molecule has 0 saturated heterocycles. The quantitative estimate of drug-likeness (QED) is 0.867. The zero-order valence-electron chi connectivity index (χ0n) is 9.88. The lowest BCUT2D eigenvalue weighted by Gasteiger charge is -2.12. The molecule has 0 heterocycles. The Hall–Kier alpha value is -1.20. The van der Waals surface area contributed by atoms with E-state index in [0.29, 0.717) is 10.6 Å². The highest BCUT2D eigenvalue weighted by Gasteiger charge is 2.14. The Kier molecular flexibility index (Phi) is 4.28. The van der Waals surface area contributed by atoms with E-state index >= 15 is 0 Å². The number of benzene rings is 1. The number of hydrogen-bond donors (Lipinski definition) is 1. The number of nitriles is 1. The summed E-state index contributed by atoms with van der Waals surface area (Å²) >= 11 is 5.97. The standard InChI is InChI=1S/C14H17ClN2/c15-13-6-3-7-14(12(13)10-16)17-9-8-11-4-1-2-5-11/h3,6-7,11,17H,1-2,4-5,8-9H2. The fourth-order valence-electron chi connectivity index (χ4n) is 2.50.